The first-order valence-corrected chi connectivity index (χ1v) is 14.8. The lowest BCUT2D eigenvalue weighted by Crippen LogP contribution is -2.40. The van der Waals surface area contributed by atoms with Gasteiger partial charge in [-0.2, -0.15) is 9.46 Å². The minimum atomic E-state index is -2.36. The number of amides is 2. The van der Waals surface area contributed by atoms with E-state index in [1.807, 2.05) is 37.3 Å². The fourth-order valence-electron chi connectivity index (χ4n) is 4.55. The molecule has 0 aliphatic carbocycles. The van der Waals surface area contributed by atoms with Crippen LogP contribution in [0.15, 0.2) is 71.2 Å². The lowest BCUT2D eigenvalue weighted by atomic mass is 10.0. The van der Waals surface area contributed by atoms with Gasteiger partial charge in [-0.15, -0.1) is 0 Å². The van der Waals surface area contributed by atoms with E-state index in [4.69, 9.17) is 9.84 Å². The molecule has 0 radical (unpaired) electrons. The minimum absolute atomic E-state index is 0.353. The second kappa shape index (κ2) is 11.1. The zero-order chi connectivity index (χ0) is 28.4. The van der Waals surface area contributed by atoms with Gasteiger partial charge in [-0.3, -0.25) is 5.32 Å². The highest BCUT2D eigenvalue weighted by molar-refractivity contribution is 7.92. The molecule has 40 heavy (non-hydrogen) atoms. The highest BCUT2D eigenvalue weighted by Crippen LogP contribution is 2.32. The van der Waals surface area contributed by atoms with Crippen LogP contribution in [0.5, 0.6) is 0 Å². The third kappa shape index (κ3) is 6.02. The maximum atomic E-state index is 13.8. The normalized spacial score (nSPS) is 17.0. The Morgan fingerprint density at radius 1 is 1.10 bits per heavy atom. The highest BCUT2D eigenvalue weighted by atomic mass is 32.2. The van der Waals surface area contributed by atoms with Crippen LogP contribution in [-0.2, 0) is 14.5 Å². The van der Waals surface area contributed by atoms with E-state index >= 15 is 0 Å². The van der Waals surface area contributed by atoms with Crippen molar-refractivity contribution >= 4 is 27.4 Å². The molecule has 0 unspecified atom stereocenters. The van der Waals surface area contributed by atoms with Crippen molar-refractivity contribution < 1.29 is 22.5 Å². The number of aromatic nitrogens is 3. The molecule has 2 N–H and O–H groups in total. The summed E-state index contributed by atoms with van der Waals surface area (Å²) in [6.45, 7) is 2.20. The number of carbonyl (C=O) groups is 1. The molecule has 1 saturated heterocycles. The van der Waals surface area contributed by atoms with Crippen molar-refractivity contribution in [3.63, 3.8) is 0 Å². The van der Waals surface area contributed by atoms with Gasteiger partial charge in [0.15, 0.2) is 17.5 Å². The average molecular weight is 567 g/mol. The van der Waals surface area contributed by atoms with Crippen LogP contribution >= 0.6 is 0 Å². The quantitative estimate of drug-likeness (QED) is 0.319. The first-order valence-electron chi connectivity index (χ1n) is 12.5. The second-order valence-corrected chi connectivity index (χ2v) is 12.3. The number of para-hydroxylation sites is 1. The van der Waals surface area contributed by atoms with Gasteiger partial charge >= 0.3 is 6.03 Å². The number of hydrogen-bond acceptors (Lipinski definition) is 6. The van der Waals surface area contributed by atoms with Crippen LogP contribution in [-0.4, -0.2) is 50.2 Å². The van der Waals surface area contributed by atoms with E-state index in [2.05, 4.69) is 20.0 Å². The zero-order valence-corrected chi connectivity index (χ0v) is 22.9. The van der Waals surface area contributed by atoms with E-state index in [0.29, 0.717) is 47.0 Å². The lowest BCUT2D eigenvalue weighted by molar-refractivity contribution is 0.100. The number of pyridine rings is 1. The van der Waals surface area contributed by atoms with Gasteiger partial charge in [-0.05, 0) is 55.3 Å². The van der Waals surface area contributed by atoms with Crippen molar-refractivity contribution in [1.29, 1.82) is 0 Å². The fraction of sp³-hybridized carbons (Fsp3) is 0.250. The molecule has 2 amide bonds. The van der Waals surface area contributed by atoms with Gasteiger partial charge in [-0.1, -0.05) is 24.3 Å². The number of rotatable bonds is 6. The van der Waals surface area contributed by atoms with Gasteiger partial charge in [0, 0.05) is 46.2 Å². The molecule has 1 aliphatic heterocycles. The molecule has 0 saturated carbocycles. The summed E-state index contributed by atoms with van der Waals surface area (Å²) in [5.74, 6) is -1.12. The van der Waals surface area contributed by atoms with E-state index in [9.17, 15) is 17.8 Å². The van der Waals surface area contributed by atoms with E-state index < -0.39 is 39.5 Å². The SMILES string of the molecule is Cc1c(-c2ccc(N=S(C)(C)=O)nc2)nn(-c2ccccc2)c1NC(=O)N[C@@H]1CCO[C@H]1c1ccc(F)c(F)c1. The van der Waals surface area contributed by atoms with Gasteiger partial charge < -0.3 is 10.1 Å². The number of benzene rings is 2. The third-order valence-electron chi connectivity index (χ3n) is 6.37. The van der Waals surface area contributed by atoms with Crippen molar-refractivity contribution in [2.45, 2.75) is 25.5 Å². The third-order valence-corrected chi connectivity index (χ3v) is 7.00. The maximum absolute atomic E-state index is 13.8. The predicted molar refractivity (Wildman–Crippen MR) is 149 cm³/mol. The van der Waals surface area contributed by atoms with Crippen LogP contribution in [0.4, 0.5) is 25.2 Å². The van der Waals surface area contributed by atoms with E-state index in [-0.39, 0.29) is 0 Å². The number of halogens is 2. The topological polar surface area (TPSA) is 111 Å². The van der Waals surface area contributed by atoms with Gasteiger partial charge in [0.2, 0.25) is 0 Å². The van der Waals surface area contributed by atoms with Crippen LogP contribution in [0.1, 0.15) is 23.7 Å². The Morgan fingerprint density at radius 3 is 2.55 bits per heavy atom. The number of carbonyl (C=O) groups excluding carboxylic acids is 1. The Kier molecular flexibility index (Phi) is 7.63. The summed E-state index contributed by atoms with van der Waals surface area (Å²) in [5.41, 5.74) is 3.15. The van der Waals surface area contributed by atoms with Crippen molar-refractivity contribution in [2.24, 2.45) is 4.36 Å². The van der Waals surface area contributed by atoms with Gasteiger partial charge in [0.05, 0.1) is 17.4 Å². The van der Waals surface area contributed by atoms with Crippen LogP contribution in [0.3, 0.4) is 0 Å². The molecule has 2 aromatic heterocycles. The Hall–Kier alpha value is -4.16. The summed E-state index contributed by atoms with van der Waals surface area (Å²) in [6, 6.07) is 15.4. The molecule has 12 heteroatoms. The summed E-state index contributed by atoms with van der Waals surface area (Å²) in [5, 5.41) is 10.6. The number of nitrogens with one attached hydrogen (secondary N) is 2. The molecule has 2 atom stereocenters. The van der Waals surface area contributed by atoms with Crippen molar-refractivity contribution in [3.05, 3.63) is 89.6 Å². The van der Waals surface area contributed by atoms with E-state index in [1.54, 1.807) is 23.0 Å². The van der Waals surface area contributed by atoms with E-state index in [0.717, 1.165) is 17.8 Å². The van der Waals surface area contributed by atoms with Crippen LogP contribution in [0, 0.1) is 18.6 Å². The summed E-state index contributed by atoms with van der Waals surface area (Å²) < 4.78 is 50.8. The summed E-state index contributed by atoms with van der Waals surface area (Å²) in [6.07, 6.45) is 4.56. The Morgan fingerprint density at radius 2 is 1.88 bits per heavy atom. The molecule has 3 heterocycles. The van der Waals surface area contributed by atoms with Gasteiger partial charge in [-0.25, -0.2) is 27.5 Å². The first-order chi connectivity index (χ1) is 19.1. The molecular weight excluding hydrogens is 538 g/mol. The maximum Gasteiger partial charge on any atom is 0.320 e. The van der Waals surface area contributed by atoms with E-state index in [1.165, 1.54) is 18.6 Å². The van der Waals surface area contributed by atoms with Gasteiger partial charge in [0.25, 0.3) is 0 Å². The summed E-state index contributed by atoms with van der Waals surface area (Å²) >= 11 is 0. The number of urea groups is 1. The molecule has 208 valence electrons. The highest BCUT2D eigenvalue weighted by Gasteiger charge is 2.32. The van der Waals surface area contributed by atoms with Crippen molar-refractivity contribution in [2.75, 3.05) is 24.4 Å². The van der Waals surface area contributed by atoms with Gasteiger partial charge in [0.1, 0.15) is 11.9 Å². The van der Waals surface area contributed by atoms with Crippen molar-refractivity contribution in [3.8, 4) is 16.9 Å². The number of nitrogens with zero attached hydrogens (tertiary/aromatic N) is 4. The predicted octanol–water partition coefficient (Wildman–Crippen LogP) is 5.53. The second-order valence-electron chi connectivity index (χ2n) is 9.71. The largest absolute Gasteiger partial charge is 0.371 e. The molecule has 1 aliphatic rings. The summed E-state index contributed by atoms with van der Waals surface area (Å²) in [7, 11) is -2.36. The standard InChI is InChI=1S/C28H28F2N6O3S/c1-17-25(19-10-12-24(31-16-19)35-40(2,3)38)34-36(20-7-5-4-6-8-20)27(17)33-28(37)32-23-13-14-39-26(23)18-9-11-21(29)22(30)15-18/h4-12,15-16,23,26H,13-14H2,1-3H3,(H2,32,33,37)/t23-,26+/m1/s1. The Labute approximate surface area is 230 Å². The molecule has 5 rings (SSSR count). The monoisotopic (exact) mass is 566 g/mol. The molecule has 9 nitrogen and oxygen atoms in total. The molecule has 0 spiro atoms. The smallest absolute Gasteiger partial charge is 0.320 e. The molecule has 0 bridgehead atoms. The molecule has 1 fully saturated rings. The minimum Gasteiger partial charge on any atom is -0.371 e. The summed E-state index contributed by atoms with van der Waals surface area (Å²) in [4.78, 5) is 17.5. The van der Waals surface area contributed by atoms with Crippen molar-refractivity contribution in [1.82, 2.24) is 20.1 Å². The number of ether oxygens (including phenoxy) is 1. The Balaban J connectivity index is 1.43. The number of anilines is 1. The Bertz CT molecular complexity index is 1660. The van der Waals surface area contributed by atoms with Crippen LogP contribution in [0.2, 0.25) is 0 Å². The molecular formula is C28H28F2N6O3S. The molecule has 4 aromatic rings. The zero-order valence-electron chi connectivity index (χ0n) is 22.1. The molecule has 2 aromatic carbocycles. The first kappa shape index (κ1) is 27.4. The van der Waals surface area contributed by atoms with Crippen LogP contribution < -0.4 is 10.6 Å². The average Bonchev–Trinajstić information content (AvgIpc) is 3.50. The lowest BCUT2D eigenvalue weighted by Gasteiger charge is -2.21. The number of hydrogen-bond donors (Lipinski definition) is 2. The fourth-order valence-corrected chi connectivity index (χ4v) is 5.10. The van der Waals surface area contributed by atoms with Crippen LogP contribution in [0.25, 0.3) is 16.9 Å².